The van der Waals surface area contributed by atoms with Gasteiger partial charge >= 0.3 is 0 Å². The summed E-state index contributed by atoms with van der Waals surface area (Å²) in [6.07, 6.45) is 2.42. The van der Waals surface area contributed by atoms with Crippen LogP contribution in [-0.2, 0) is 10.0 Å². The highest BCUT2D eigenvalue weighted by atomic mass is 32.2. The number of rotatable bonds is 4. The summed E-state index contributed by atoms with van der Waals surface area (Å²) >= 11 is 0. The third-order valence-corrected chi connectivity index (χ3v) is 4.26. The first-order chi connectivity index (χ1) is 9.89. The fourth-order valence-electron chi connectivity index (χ4n) is 2.42. The molecule has 6 nitrogen and oxygen atoms in total. The van der Waals surface area contributed by atoms with Crippen molar-refractivity contribution in [1.29, 1.82) is 0 Å². The second-order valence-corrected chi connectivity index (χ2v) is 6.97. The highest BCUT2D eigenvalue weighted by Gasteiger charge is 2.25. The van der Waals surface area contributed by atoms with E-state index in [0.29, 0.717) is 37.2 Å². The molecule has 116 valence electrons. The van der Waals surface area contributed by atoms with Crippen LogP contribution in [0.25, 0.3) is 0 Å². The van der Waals surface area contributed by atoms with Crippen LogP contribution in [0.3, 0.4) is 0 Å². The lowest BCUT2D eigenvalue weighted by atomic mass is 10.0. The van der Waals surface area contributed by atoms with Gasteiger partial charge in [-0.3, -0.25) is 4.79 Å². The minimum Gasteiger partial charge on any atom is -0.497 e. The van der Waals surface area contributed by atoms with E-state index in [4.69, 9.17) is 4.74 Å². The number of piperidine rings is 1. The molecule has 0 unspecified atom stereocenters. The smallest absolute Gasteiger partial charge is 0.253 e. The molecule has 21 heavy (non-hydrogen) atoms. The van der Waals surface area contributed by atoms with Crippen molar-refractivity contribution >= 4 is 15.9 Å². The highest BCUT2D eigenvalue weighted by molar-refractivity contribution is 7.88. The zero-order valence-electron chi connectivity index (χ0n) is 12.2. The van der Waals surface area contributed by atoms with Crippen LogP contribution < -0.4 is 9.46 Å². The molecule has 1 aromatic rings. The van der Waals surface area contributed by atoms with E-state index in [2.05, 4.69) is 4.72 Å². The van der Waals surface area contributed by atoms with Gasteiger partial charge in [-0.15, -0.1) is 0 Å². The molecule has 1 saturated heterocycles. The summed E-state index contributed by atoms with van der Waals surface area (Å²) in [7, 11) is -1.61. The standard InChI is InChI=1S/C14H20N2O4S/c1-20-13-5-3-11(4-6-13)14(17)16-9-7-12(8-10-16)15-21(2,18)19/h3-6,12,15H,7-10H2,1-2H3. The summed E-state index contributed by atoms with van der Waals surface area (Å²) in [5, 5.41) is 0. The molecule has 0 bridgehead atoms. The predicted molar refractivity (Wildman–Crippen MR) is 79.9 cm³/mol. The lowest BCUT2D eigenvalue weighted by Gasteiger charge is -2.32. The first kappa shape index (κ1) is 15.8. The number of ether oxygens (including phenoxy) is 1. The monoisotopic (exact) mass is 312 g/mol. The van der Waals surface area contributed by atoms with Crippen LogP contribution in [0.4, 0.5) is 0 Å². The third kappa shape index (κ3) is 4.44. The quantitative estimate of drug-likeness (QED) is 0.894. The Labute approximate surface area is 125 Å². The second-order valence-electron chi connectivity index (χ2n) is 5.18. The van der Waals surface area contributed by atoms with E-state index in [1.54, 1.807) is 36.3 Å². The lowest BCUT2D eigenvalue weighted by molar-refractivity contribution is 0.0711. The van der Waals surface area contributed by atoms with E-state index < -0.39 is 10.0 Å². The molecule has 1 amide bonds. The van der Waals surface area contributed by atoms with Gasteiger partial charge in [0, 0.05) is 24.7 Å². The highest BCUT2D eigenvalue weighted by Crippen LogP contribution is 2.17. The van der Waals surface area contributed by atoms with Gasteiger partial charge in [0.1, 0.15) is 5.75 Å². The van der Waals surface area contributed by atoms with Gasteiger partial charge in [-0.05, 0) is 37.1 Å². The maximum atomic E-state index is 12.3. The minimum absolute atomic E-state index is 0.0320. The van der Waals surface area contributed by atoms with Crippen molar-refractivity contribution < 1.29 is 17.9 Å². The number of hydrogen-bond acceptors (Lipinski definition) is 4. The van der Waals surface area contributed by atoms with Crippen LogP contribution >= 0.6 is 0 Å². The fourth-order valence-corrected chi connectivity index (χ4v) is 3.26. The molecule has 1 aliphatic heterocycles. The number of benzene rings is 1. The Morgan fingerprint density at radius 1 is 1.24 bits per heavy atom. The maximum absolute atomic E-state index is 12.3. The van der Waals surface area contributed by atoms with Crippen molar-refractivity contribution in [3.63, 3.8) is 0 Å². The topological polar surface area (TPSA) is 75.7 Å². The molecule has 1 N–H and O–H groups in total. The number of methoxy groups -OCH3 is 1. The molecule has 7 heteroatoms. The molecule has 1 heterocycles. The van der Waals surface area contributed by atoms with Gasteiger partial charge < -0.3 is 9.64 Å². The van der Waals surface area contributed by atoms with Gasteiger partial charge in [-0.2, -0.15) is 0 Å². The van der Waals surface area contributed by atoms with E-state index >= 15 is 0 Å². The number of nitrogens with zero attached hydrogens (tertiary/aromatic N) is 1. The largest absolute Gasteiger partial charge is 0.497 e. The molecule has 0 aromatic heterocycles. The number of nitrogens with one attached hydrogen (secondary N) is 1. The summed E-state index contributed by atoms with van der Waals surface area (Å²) in [6.45, 7) is 1.11. The van der Waals surface area contributed by atoms with Crippen LogP contribution in [0, 0.1) is 0 Å². The lowest BCUT2D eigenvalue weighted by Crippen LogP contribution is -2.46. The van der Waals surface area contributed by atoms with Crippen molar-refractivity contribution in [1.82, 2.24) is 9.62 Å². The molecular formula is C14H20N2O4S. The van der Waals surface area contributed by atoms with Gasteiger partial charge in [0.15, 0.2) is 0 Å². The second kappa shape index (κ2) is 6.44. The normalized spacial score (nSPS) is 16.8. The van der Waals surface area contributed by atoms with Crippen molar-refractivity contribution in [3.05, 3.63) is 29.8 Å². The van der Waals surface area contributed by atoms with Crippen molar-refractivity contribution in [2.75, 3.05) is 26.5 Å². The van der Waals surface area contributed by atoms with Crippen LogP contribution in [0.15, 0.2) is 24.3 Å². The molecule has 0 saturated carbocycles. The first-order valence-corrected chi connectivity index (χ1v) is 8.69. The Hall–Kier alpha value is -1.60. The summed E-state index contributed by atoms with van der Waals surface area (Å²) < 4.78 is 30.0. The SMILES string of the molecule is COc1ccc(C(=O)N2CCC(NS(C)(=O)=O)CC2)cc1. The summed E-state index contributed by atoms with van der Waals surface area (Å²) in [5.41, 5.74) is 0.616. The average Bonchev–Trinajstić information content (AvgIpc) is 2.46. The number of carbonyl (C=O) groups is 1. The van der Waals surface area contributed by atoms with E-state index in [-0.39, 0.29) is 11.9 Å². The molecule has 1 fully saturated rings. The Balaban J connectivity index is 1.93. The number of hydrogen-bond donors (Lipinski definition) is 1. The Bertz CT molecular complexity index is 590. The van der Waals surface area contributed by atoms with Crippen molar-refractivity contribution in [2.45, 2.75) is 18.9 Å². The number of likely N-dealkylation sites (tertiary alicyclic amines) is 1. The number of sulfonamides is 1. The molecule has 0 radical (unpaired) electrons. The van der Waals surface area contributed by atoms with Crippen LogP contribution in [0.2, 0.25) is 0 Å². The van der Waals surface area contributed by atoms with Crippen LogP contribution in [0.5, 0.6) is 5.75 Å². The minimum atomic E-state index is -3.19. The zero-order valence-corrected chi connectivity index (χ0v) is 13.0. The Morgan fingerprint density at radius 2 is 1.81 bits per heavy atom. The molecule has 0 aliphatic carbocycles. The summed E-state index contributed by atoms with van der Waals surface area (Å²) in [5.74, 6) is 0.679. The van der Waals surface area contributed by atoms with E-state index in [1.807, 2.05) is 0 Å². The predicted octanol–water partition coefficient (Wildman–Crippen LogP) is 0.849. The van der Waals surface area contributed by atoms with Gasteiger partial charge in [0.25, 0.3) is 5.91 Å². The van der Waals surface area contributed by atoms with Gasteiger partial charge in [-0.1, -0.05) is 0 Å². The first-order valence-electron chi connectivity index (χ1n) is 6.79. The average molecular weight is 312 g/mol. The van der Waals surface area contributed by atoms with Gasteiger partial charge in [0.2, 0.25) is 10.0 Å². The van der Waals surface area contributed by atoms with Crippen LogP contribution in [0.1, 0.15) is 23.2 Å². The molecule has 0 atom stereocenters. The Morgan fingerprint density at radius 3 is 2.29 bits per heavy atom. The zero-order chi connectivity index (χ0) is 15.5. The van der Waals surface area contributed by atoms with E-state index in [0.717, 1.165) is 6.26 Å². The van der Waals surface area contributed by atoms with Crippen LogP contribution in [-0.4, -0.2) is 51.7 Å². The van der Waals surface area contributed by atoms with Gasteiger partial charge in [-0.25, -0.2) is 13.1 Å². The molecule has 1 aliphatic rings. The molecule has 0 spiro atoms. The van der Waals surface area contributed by atoms with Crippen molar-refractivity contribution in [3.8, 4) is 5.75 Å². The maximum Gasteiger partial charge on any atom is 0.253 e. The molecule has 2 rings (SSSR count). The van der Waals surface area contributed by atoms with Crippen molar-refractivity contribution in [2.24, 2.45) is 0 Å². The Kier molecular flexibility index (Phi) is 4.84. The van der Waals surface area contributed by atoms with E-state index in [9.17, 15) is 13.2 Å². The summed E-state index contributed by atoms with van der Waals surface area (Å²) in [6, 6.07) is 6.90. The van der Waals surface area contributed by atoms with Gasteiger partial charge in [0.05, 0.1) is 13.4 Å². The summed E-state index contributed by atoms with van der Waals surface area (Å²) in [4.78, 5) is 14.1. The number of amides is 1. The molecular weight excluding hydrogens is 292 g/mol. The number of carbonyl (C=O) groups excluding carboxylic acids is 1. The van der Waals surface area contributed by atoms with E-state index in [1.165, 1.54) is 0 Å². The third-order valence-electron chi connectivity index (χ3n) is 3.50. The fraction of sp³-hybridized carbons (Fsp3) is 0.500. The molecule has 1 aromatic carbocycles.